The van der Waals surface area contributed by atoms with E-state index in [-0.39, 0.29) is 16.9 Å². The van der Waals surface area contributed by atoms with Crippen LogP contribution in [-0.2, 0) is 14.4 Å². The summed E-state index contributed by atoms with van der Waals surface area (Å²) in [6.45, 7) is 0. The number of ketones is 1. The molecular formula is C13H11N3O5. The number of nitrogens with zero attached hydrogens (tertiary/aromatic N) is 3. The SMILES string of the molecule is CN(C)/C=C1\C(=O)C(=O)N(c2ccc([N+](=O)[O-])cc2)C1=O. The van der Waals surface area contributed by atoms with Gasteiger partial charge in [0, 0.05) is 32.4 Å². The van der Waals surface area contributed by atoms with Crippen LogP contribution >= 0.6 is 0 Å². The van der Waals surface area contributed by atoms with Crippen molar-refractivity contribution >= 4 is 29.0 Å². The van der Waals surface area contributed by atoms with E-state index in [4.69, 9.17) is 0 Å². The lowest BCUT2D eigenvalue weighted by atomic mass is 10.2. The van der Waals surface area contributed by atoms with Crippen molar-refractivity contribution in [1.82, 2.24) is 4.90 Å². The van der Waals surface area contributed by atoms with Crippen LogP contribution in [-0.4, -0.2) is 41.5 Å². The molecule has 0 radical (unpaired) electrons. The van der Waals surface area contributed by atoms with Crippen LogP contribution in [0.4, 0.5) is 11.4 Å². The molecule has 0 aromatic heterocycles. The van der Waals surface area contributed by atoms with Crippen LogP contribution < -0.4 is 4.90 Å². The topological polar surface area (TPSA) is 101 Å². The zero-order valence-electron chi connectivity index (χ0n) is 11.3. The number of nitro groups is 1. The van der Waals surface area contributed by atoms with Crippen molar-refractivity contribution in [2.45, 2.75) is 0 Å². The van der Waals surface area contributed by atoms with Gasteiger partial charge in [0.25, 0.3) is 17.4 Å². The number of rotatable bonds is 3. The number of nitro benzene ring substituents is 1. The number of Topliss-reactive ketones (excluding diaryl/α,β-unsaturated/α-hetero) is 1. The van der Waals surface area contributed by atoms with Gasteiger partial charge >= 0.3 is 5.91 Å². The quantitative estimate of drug-likeness (QED) is 0.200. The van der Waals surface area contributed by atoms with Crippen LogP contribution in [0.2, 0.25) is 0 Å². The number of carbonyl (C=O) groups excluding carboxylic acids is 3. The Hall–Kier alpha value is -3.03. The normalized spacial score (nSPS) is 16.8. The molecule has 2 amide bonds. The molecule has 0 aliphatic carbocycles. The van der Waals surface area contributed by atoms with Gasteiger partial charge in [0.05, 0.1) is 10.6 Å². The molecule has 21 heavy (non-hydrogen) atoms. The van der Waals surface area contributed by atoms with Gasteiger partial charge in [-0.15, -0.1) is 0 Å². The smallest absolute Gasteiger partial charge is 0.306 e. The van der Waals surface area contributed by atoms with Gasteiger partial charge in [0.2, 0.25) is 0 Å². The molecule has 1 fully saturated rings. The summed E-state index contributed by atoms with van der Waals surface area (Å²) in [7, 11) is 3.24. The fraction of sp³-hybridized carbons (Fsp3) is 0.154. The van der Waals surface area contributed by atoms with Crippen molar-refractivity contribution in [3.8, 4) is 0 Å². The Morgan fingerprint density at radius 1 is 1.10 bits per heavy atom. The Morgan fingerprint density at radius 3 is 2.14 bits per heavy atom. The lowest BCUT2D eigenvalue weighted by molar-refractivity contribution is -0.384. The van der Waals surface area contributed by atoms with Crippen LogP contribution in [0.5, 0.6) is 0 Å². The monoisotopic (exact) mass is 289 g/mol. The molecule has 0 spiro atoms. The first-order valence-corrected chi connectivity index (χ1v) is 5.88. The summed E-state index contributed by atoms with van der Waals surface area (Å²) in [4.78, 5) is 48.0. The Balaban J connectivity index is 2.40. The number of carbonyl (C=O) groups is 3. The number of imide groups is 1. The van der Waals surface area contributed by atoms with Crippen molar-refractivity contribution in [2.75, 3.05) is 19.0 Å². The molecular weight excluding hydrogens is 278 g/mol. The number of benzene rings is 1. The Morgan fingerprint density at radius 2 is 1.67 bits per heavy atom. The molecule has 2 rings (SSSR count). The maximum Gasteiger partial charge on any atom is 0.306 e. The van der Waals surface area contributed by atoms with Crippen molar-refractivity contribution in [2.24, 2.45) is 0 Å². The van der Waals surface area contributed by atoms with E-state index < -0.39 is 22.5 Å². The number of anilines is 1. The van der Waals surface area contributed by atoms with Crippen molar-refractivity contribution in [3.05, 3.63) is 46.2 Å². The van der Waals surface area contributed by atoms with E-state index in [1.165, 1.54) is 23.2 Å². The van der Waals surface area contributed by atoms with E-state index in [1.807, 2.05) is 0 Å². The third-order valence-electron chi connectivity index (χ3n) is 2.78. The highest BCUT2D eigenvalue weighted by Gasteiger charge is 2.43. The number of non-ortho nitro benzene ring substituents is 1. The summed E-state index contributed by atoms with van der Waals surface area (Å²) in [5.41, 5.74) is -0.289. The summed E-state index contributed by atoms with van der Waals surface area (Å²) in [5.74, 6) is -2.61. The molecule has 8 nitrogen and oxygen atoms in total. The third kappa shape index (κ3) is 2.50. The predicted octanol–water partition coefficient (Wildman–Crippen LogP) is 0.483. The summed E-state index contributed by atoms with van der Waals surface area (Å²) in [6, 6.07) is 4.82. The van der Waals surface area contributed by atoms with Crippen molar-refractivity contribution in [1.29, 1.82) is 0 Å². The molecule has 0 atom stereocenters. The number of amides is 2. The van der Waals surface area contributed by atoms with E-state index in [1.54, 1.807) is 14.1 Å². The zero-order valence-corrected chi connectivity index (χ0v) is 11.3. The fourth-order valence-corrected chi connectivity index (χ4v) is 1.86. The van der Waals surface area contributed by atoms with Gasteiger partial charge in [-0.1, -0.05) is 0 Å². The predicted molar refractivity (Wildman–Crippen MR) is 72.4 cm³/mol. The summed E-state index contributed by atoms with van der Waals surface area (Å²) >= 11 is 0. The second-order valence-electron chi connectivity index (χ2n) is 4.55. The number of hydrogen-bond donors (Lipinski definition) is 0. The molecule has 1 aliphatic rings. The van der Waals surface area contributed by atoms with Gasteiger partial charge < -0.3 is 4.90 Å². The molecule has 1 saturated heterocycles. The van der Waals surface area contributed by atoms with E-state index in [9.17, 15) is 24.5 Å². The molecule has 0 bridgehead atoms. The van der Waals surface area contributed by atoms with Crippen molar-refractivity contribution in [3.63, 3.8) is 0 Å². The van der Waals surface area contributed by atoms with E-state index in [0.29, 0.717) is 4.90 Å². The van der Waals surface area contributed by atoms with Gasteiger partial charge in [0.15, 0.2) is 0 Å². The molecule has 0 unspecified atom stereocenters. The third-order valence-corrected chi connectivity index (χ3v) is 2.78. The molecule has 8 heteroatoms. The van der Waals surface area contributed by atoms with Crippen LogP contribution in [0, 0.1) is 10.1 Å². The largest absolute Gasteiger partial charge is 0.383 e. The molecule has 1 aromatic carbocycles. The highest BCUT2D eigenvalue weighted by atomic mass is 16.6. The van der Waals surface area contributed by atoms with Gasteiger partial charge in [-0.05, 0) is 12.1 Å². The molecule has 1 aromatic rings. The van der Waals surface area contributed by atoms with Gasteiger partial charge in [-0.2, -0.15) is 0 Å². The first kappa shape index (κ1) is 14.4. The first-order valence-electron chi connectivity index (χ1n) is 5.88. The highest BCUT2D eigenvalue weighted by Crippen LogP contribution is 2.26. The zero-order chi connectivity index (χ0) is 15.7. The maximum absolute atomic E-state index is 12.1. The maximum atomic E-state index is 12.1. The second kappa shape index (κ2) is 5.16. The summed E-state index contributed by atoms with van der Waals surface area (Å²) in [6.07, 6.45) is 1.27. The van der Waals surface area contributed by atoms with Crippen LogP contribution in [0.3, 0.4) is 0 Å². The minimum absolute atomic E-state index is 0.117. The molecule has 0 saturated carbocycles. The Bertz CT molecular complexity index is 676. The minimum Gasteiger partial charge on any atom is -0.383 e. The van der Waals surface area contributed by atoms with E-state index in [2.05, 4.69) is 0 Å². The van der Waals surface area contributed by atoms with Gasteiger partial charge in [-0.3, -0.25) is 24.5 Å². The molecule has 1 aliphatic heterocycles. The van der Waals surface area contributed by atoms with Gasteiger partial charge in [-0.25, -0.2) is 4.90 Å². The molecule has 0 N–H and O–H groups in total. The van der Waals surface area contributed by atoms with Crippen molar-refractivity contribution < 1.29 is 19.3 Å². The average Bonchev–Trinajstić information content (AvgIpc) is 2.63. The minimum atomic E-state index is -0.970. The summed E-state index contributed by atoms with van der Waals surface area (Å²) in [5, 5.41) is 10.6. The highest BCUT2D eigenvalue weighted by molar-refractivity contribution is 6.63. The summed E-state index contributed by atoms with van der Waals surface area (Å²) < 4.78 is 0. The lowest BCUT2D eigenvalue weighted by Crippen LogP contribution is -2.30. The first-order chi connectivity index (χ1) is 9.82. The second-order valence-corrected chi connectivity index (χ2v) is 4.55. The number of hydrogen-bond acceptors (Lipinski definition) is 6. The van der Waals surface area contributed by atoms with E-state index in [0.717, 1.165) is 12.1 Å². The lowest BCUT2D eigenvalue weighted by Gasteiger charge is -2.12. The van der Waals surface area contributed by atoms with Crippen LogP contribution in [0.15, 0.2) is 36.0 Å². The average molecular weight is 289 g/mol. The fourth-order valence-electron chi connectivity index (χ4n) is 1.86. The standard InChI is InChI=1S/C13H11N3O5/c1-14(2)7-10-11(17)13(19)15(12(10)18)8-3-5-9(6-4-8)16(20)21/h3-7H,1-2H3/b10-7+. The Kier molecular flexibility index (Phi) is 3.53. The van der Waals surface area contributed by atoms with Crippen LogP contribution in [0.1, 0.15) is 0 Å². The molecule has 1 heterocycles. The Labute approximate surface area is 119 Å². The van der Waals surface area contributed by atoms with E-state index >= 15 is 0 Å². The van der Waals surface area contributed by atoms with Crippen LogP contribution in [0.25, 0.3) is 0 Å². The van der Waals surface area contributed by atoms with Gasteiger partial charge in [0.1, 0.15) is 5.57 Å². The molecule has 108 valence electrons.